The average molecular weight is 328 g/mol. The van der Waals surface area contributed by atoms with Crippen LogP contribution in [0.2, 0.25) is 0 Å². The fourth-order valence-corrected chi connectivity index (χ4v) is 3.65. The van der Waals surface area contributed by atoms with Crippen molar-refractivity contribution in [2.45, 2.75) is 31.7 Å². The van der Waals surface area contributed by atoms with Crippen LogP contribution in [0.1, 0.15) is 24.8 Å². The number of piperidine rings is 1. The lowest BCUT2D eigenvalue weighted by Gasteiger charge is -2.33. The van der Waals surface area contributed by atoms with Gasteiger partial charge in [0, 0.05) is 30.2 Å². The molecule has 5 heteroatoms. The number of benzene rings is 1. The molecule has 1 aromatic heterocycles. The summed E-state index contributed by atoms with van der Waals surface area (Å²) in [5, 5.41) is 4.36. The Hall–Kier alpha value is -1.85. The lowest BCUT2D eigenvalue weighted by atomic mass is 9.93. The molecule has 0 aliphatic carbocycles. The third-order valence-electron chi connectivity index (χ3n) is 5.16. The average Bonchev–Trinajstić information content (AvgIpc) is 3.03. The molecular weight excluding hydrogens is 300 g/mol. The summed E-state index contributed by atoms with van der Waals surface area (Å²) in [6.07, 6.45) is 5.94. The van der Waals surface area contributed by atoms with Crippen LogP contribution < -0.4 is 11.1 Å². The van der Waals surface area contributed by atoms with E-state index in [4.69, 9.17) is 5.73 Å². The molecule has 1 aromatic carbocycles. The zero-order valence-corrected chi connectivity index (χ0v) is 14.4. The molecule has 130 valence electrons. The summed E-state index contributed by atoms with van der Waals surface area (Å²) in [4.78, 5) is 17.9. The van der Waals surface area contributed by atoms with E-state index in [0.717, 1.165) is 54.9 Å². The lowest BCUT2D eigenvalue weighted by Crippen LogP contribution is -2.48. The van der Waals surface area contributed by atoms with Gasteiger partial charge in [-0.05, 0) is 56.8 Å². The molecule has 4 N–H and O–H groups in total. The smallest absolute Gasteiger partial charge is 0.239 e. The van der Waals surface area contributed by atoms with E-state index >= 15 is 0 Å². The Labute approximate surface area is 143 Å². The van der Waals surface area contributed by atoms with Crippen LogP contribution in [0.5, 0.6) is 0 Å². The van der Waals surface area contributed by atoms with E-state index < -0.39 is 6.04 Å². The standard InChI is InChI=1S/C19H28N4O/c1-21-9-6-14-7-10-23(11-8-14)19(24)17(20)12-15-13-22-18-5-3-2-4-16(15)18/h2-5,13-14,17,21-22H,6-12,20H2,1H3/t17-/m0/s1. The van der Waals surface area contributed by atoms with E-state index in [1.165, 1.54) is 6.42 Å². The van der Waals surface area contributed by atoms with Crippen molar-refractivity contribution in [3.05, 3.63) is 36.0 Å². The van der Waals surface area contributed by atoms with Gasteiger partial charge in [0.1, 0.15) is 0 Å². The van der Waals surface area contributed by atoms with Gasteiger partial charge in [0.15, 0.2) is 0 Å². The van der Waals surface area contributed by atoms with E-state index in [9.17, 15) is 4.79 Å². The Bertz CT molecular complexity index is 673. The minimum absolute atomic E-state index is 0.0901. The van der Waals surface area contributed by atoms with Gasteiger partial charge in [-0.1, -0.05) is 18.2 Å². The van der Waals surface area contributed by atoms with Crippen molar-refractivity contribution in [2.75, 3.05) is 26.7 Å². The first kappa shape index (κ1) is 17.0. The van der Waals surface area contributed by atoms with Crippen molar-refractivity contribution >= 4 is 16.8 Å². The predicted octanol–water partition coefficient (Wildman–Crippen LogP) is 1.89. The highest BCUT2D eigenvalue weighted by atomic mass is 16.2. The molecular formula is C19H28N4O. The van der Waals surface area contributed by atoms with Crippen LogP contribution in [0.4, 0.5) is 0 Å². The molecule has 2 heterocycles. The van der Waals surface area contributed by atoms with Crippen LogP contribution in [0.3, 0.4) is 0 Å². The number of para-hydroxylation sites is 1. The highest BCUT2D eigenvalue weighted by Crippen LogP contribution is 2.22. The second kappa shape index (κ2) is 7.81. The summed E-state index contributed by atoms with van der Waals surface area (Å²) in [6, 6.07) is 7.68. The van der Waals surface area contributed by atoms with E-state index in [0.29, 0.717) is 6.42 Å². The molecule has 1 saturated heterocycles. The summed E-state index contributed by atoms with van der Waals surface area (Å²) in [7, 11) is 1.99. The quantitative estimate of drug-likeness (QED) is 0.758. The second-order valence-corrected chi connectivity index (χ2v) is 6.83. The number of aromatic nitrogens is 1. The maximum atomic E-state index is 12.7. The number of carbonyl (C=O) groups excluding carboxylic acids is 1. The van der Waals surface area contributed by atoms with Crippen LogP contribution in [0, 0.1) is 5.92 Å². The van der Waals surface area contributed by atoms with Crippen LogP contribution in [-0.2, 0) is 11.2 Å². The lowest BCUT2D eigenvalue weighted by molar-refractivity contribution is -0.134. The van der Waals surface area contributed by atoms with Gasteiger partial charge in [-0.15, -0.1) is 0 Å². The molecule has 0 spiro atoms. The first-order chi connectivity index (χ1) is 11.7. The molecule has 0 bridgehead atoms. The number of nitrogens with zero attached hydrogens (tertiary/aromatic N) is 1. The maximum Gasteiger partial charge on any atom is 0.239 e. The highest BCUT2D eigenvalue weighted by molar-refractivity contribution is 5.86. The van der Waals surface area contributed by atoms with E-state index in [2.05, 4.69) is 16.4 Å². The van der Waals surface area contributed by atoms with Crippen LogP contribution in [0.25, 0.3) is 10.9 Å². The number of fused-ring (bicyclic) bond motifs is 1. The molecule has 1 aliphatic rings. The number of H-pyrrole nitrogens is 1. The van der Waals surface area contributed by atoms with Crippen LogP contribution >= 0.6 is 0 Å². The molecule has 1 amide bonds. The zero-order valence-electron chi connectivity index (χ0n) is 14.4. The normalized spacial score (nSPS) is 17.3. The largest absolute Gasteiger partial charge is 0.361 e. The Kier molecular flexibility index (Phi) is 5.53. The number of rotatable bonds is 6. The maximum absolute atomic E-state index is 12.7. The molecule has 24 heavy (non-hydrogen) atoms. The Morgan fingerprint density at radius 1 is 1.38 bits per heavy atom. The summed E-state index contributed by atoms with van der Waals surface area (Å²) in [5.74, 6) is 0.818. The summed E-state index contributed by atoms with van der Waals surface area (Å²) in [6.45, 7) is 2.74. The summed E-state index contributed by atoms with van der Waals surface area (Å²) in [5.41, 5.74) is 8.45. The van der Waals surface area contributed by atoms with Crippen LogP contribution in [0.15, 0.2) is 30.5 Å². The summed E-state index contributed by atoms with van der Waals surface area (Å²) < 4.78 is 0. The third kappa shape index (κ3) is 3.79. The molecule has 0 saturated carbocycles. The molecule has 0 radical (unpaired) electrons. The Morgan fingerprint density at radius 3 is 2.88 bits per heavy atom. The molecule has 1 fully saturated rings. The third-order valence-corrected chi connectivity index (χ3v) is 5.16. The first-order valence-electron chi connectivity index (χ1n) is 8.93. The molecule has 1 atom stereocenters. The molecule has 0 unspecified atom stereocenters. The van der Waals surface area contributed by atoms with Gasteiger partial charge in [0.2, 0.25) is 5.91 Å². The Balaban J connectivity index is 1.55. The molecule has 2 aromatic rings. The minimum atomic E-state index is -0.460. The van der Waals surface area contributed by atoms with Gasteiger partial charge in [0.05, 0.1) is 6.04 Å². The second-order valence-electron chi connectivity index (χ2n) is 6.83. The monoisotopic (exact) mass is 328 g/mol. The molecule has 5 nitrogen and oxygen atoms in total. The van der Waals surface area contributed by atoms with Crippen molar-refractivity contribution in [1.82, 2.24) is 15.2 Å². The van der Waals surface area contributed by atoms with Crippen molar-refractivity contribution in [3.8, 4) is 0 Å². The topological polar surface area (TPSA) is 74.2 Å². The van der Waals surface area contributed by atoms with E-state index in [-0.39, 0.29) is 5.91 Å². The fourth-order valence-electron chi connectivity index (χ4n) is 3.65. The van der Waals surface area contributed by atoms with E-state index in [1.807, 2.05) is 36.3 Å². The number of carbonyl (C=O) groups is 1. The van der Waals surface area contributed by atoms with Gasteiger partial charge in [-0.2, -0.15) is 0 Å². The molecule has 3 rings (SSSR count). The van der Waals surface area contributed by atoms with Gasteiger partial charge < -0.3 is 20.9 Å². The summed E-state index contributed by atoms with van der Waals surface area (Å²) >= 11 is 0. The van der Waals surface area contributed by atoms with Crippen molar-refractivity contribution in [2.24, 2.45) is 11.7 Å². The Morgan fingerprint density at radius 2 is 2.12 bits per heavy atom. The highest BCUT2D eigenvalue weighted by Gasteiger charge is 2.26. The number of amides is 1. The molecule has 1 aliphatic heterocycles. The van der Waals surface area contributed by atoms with Gasteiger partial charge in [-0.25, -0.2) is 0 Å². The van der Waals surface area contributed by atoms with Gasteiger partial charge >= 0.3 is 0 Å². The van der Waals surface area contributed by atoms with Crippen molar-refractivity contribution < 1.29 is 4.79 Å². The number of aromatic amines is 1. The van der Waals surface area contributed by atoms with Gasteiger partial charge in [-0.3, -0.25) is 4.79 Å². The van der Waals surface area contributed by atoms with Crippen LogP contribution in [-0.4, -0.2) is 48.5 Å². The SMILES string of the molecule is CNCCC1CCN(C(=O)[C@@H](N)Cc2c[nH]c3ccccc23)CC1. The predicted molar refractivity (Wildman–Crippen MR) is 97.8 cm³/mol. The minimum Gasteiger partial charge on any atom is -0.361 e. The zero-order chi connectivity index (χ0) is 16.9. The van der Waals surface area contributed by atoms with Gasteiger partial charge in [0.25, 0.3) is 0 Å². The van der Waals surface area contributed by atoms with Crippen molar-refractivity contribution in [1.29, 1.82) is 0 Å². The van der Waals surface area contributed by atoms with Crippen molar-refractivity contribution in [3.63, 3.8) is 0 Å². The number of hydrogen-bond donors (Lipinski definition) is 3. The number of likely N-dealkylation sites (tertiary alicyclic amines) is 1. The first-order valence-corrected chi connectivity index (χ1v) is 8.93. The fraction of sp³-hybridized carbons (Fsp3) is 0.526. The number of nitrogens with two attached hydrogens (primary N) is 1. The van der Waals surface area contributed by atoms with E-state index in [1.54, 1.807) is 0 Å². The number of hydrogen-bond acceptors (Lipinski definition) is 3. The number of nitrogens with one attached hydrogen (secondary N) is 2.